The summed E-state index contributed by atoms with van der Waals surface area (Å²) in [5.74, 6) is -1.20. The van der Waals surface area contributed by atoms with E-state index >= 15 is 0 Å². The summed E-state index contributed by atoms with van der Waals surface area (Å²) in [5.41, 5.74) is -0.0518. The van der Waals surface area contributed by atoms with Gasteiger partial charge in [-0.2, -0.15) is 13.2 Å². The number of nitrogens with zero attached hydrogens (tertiary/aromatic N) is 1. The van der Waals surface area contributed by atoms with Crippen LogP contribution in [-0.4, -0.2) is 47.3 Å². The zero-order chi connectivity index (χ0) is 18.2. The topological polar surface area (TPSA) is 53.1 Å². The summed E-state index contributed by atoms with van der Waals surface area (Å²) < 4.78 is 43.5. The van der Waals surface area contributed by atoms with Gasteiger partial charge in [0.2, 0.25) is 0 Å². The lowest BCUT2D eigenvalue weighted by Gasteiger charge is -2.39. The molecule has 7 heteroatoms. The van der Waals surface area contributed by atoms with Crippen LogP contribution in [0.15, 0.2) is 24.3 Å². The minimum Gasteiger partial charge on any atom is -0.481 e. The molecule has 1 aromatic rings. The Labute approximate surface area is 144 Å². The fourth-order valence-electron chi connectivity index (χ4n) is 3.49. The molecule has 0 saturated carbocycles. The summed E-state index contributed by atoms with van der Waals surface area (Å²) in [6.07, 6.45) is -2.71. The van der Waals surface area contributed by atoms with Gasteiger partial charge in [0.05, 0.1) is 18.1 Å². The summed E-state index contributed by atoms with van der Waals surface area (Å²) in [5, 5.41) is 9.31. The molecular weight excluding hydrogens is 335 g/mol. The number of hydrogen-bond acceptors (Lipinski definition) is 3. The Bertz CT molecular complexity index is 625. The lowest BCUT2D eigenvalue weighted by molar-refractivity contribution is -0.144. The van der Waals surface area contributed by atoms with Gasteiger partial charge in [-0.05, 0) is 50.4 Å². The molecule has 2 aliphatic rings. The first-order valence-electron chi connectivity index (χ1n) is 8.43. The molecule has 0 radical (unpaired) electrons. The van der Waals surface area contributed by atoms with E-state index in [1.165, 1.54) is 12.1 Å². The second-order valence-electron chi connectivity index (χ2n) is 7.32. The SMILES string of the molecule is CC1(CN2CCC(C(=O)O)CC2Cc2ccc(C(F)(F)F)cc2)CO1. The maximum Gasteiger partial charge on any atom is 0.416 e. The number of benzene rings is 1. The summed E-state index contributed by atoms with van der Waals surface area (Å²) in [6, 6.07) is 5.14. The Morgan fingerprint density at radius 1 is 1.36 bits per heavy atom. The molecule has 2 heterocycles. The maximum atomic E-state index is 12.7. The number of ether oxygens (including phenoxy) is 1. The molecule has 138 valence electrons. The quantitative estimate of drug-likeness (QED) is 0.823. The normalized spacial score (nSPS) is 30.2. The van der Waals surface area contributed by atoms with E-state index in [2.05, 4.69) is 4.90 Å². The third-order valence-electron chi connectivity index (χ3n) is 5.11. The zero-order valence-electron chi connectivity index (χ0n) is 14.1. The maximum absolute atomic E-state index is 12.7. The lowest BCUT2D eigenvalue weighted by atomic mass is 9.87. The Morgan fingerprint density at radius 3 is 2.52 bits per heavy atom. The zero-order valence-corrected chi connectivity index (χ0v) is 14.1. The van der Waals surface area contributed by atoms with Crippen LogP contribution in [0.3, 0.4) is 0 Å². The average molecular weight is 357 g/mol. The van der Waals surface area contributed by atoms with Crippen LogP contribution in [0.4, 0.5) is 13.2 Å². The molecule has 25 heavy (non-hydrogen) atoms. The summed E-state index contributed by atoms with van der Waals surface area (Å²) in [4.78, 5) is 13.6. The van der Waals surface area contributed by atoms with Crippen molar-refractivity contribution in [1.82, 2.24) is 4.90 Å². The number of carboxylic acids is 1. The fourth-order valence-corrected chi connectivity index (χ4v) is 3.49. The monoisotopic (exact) mass is 357 g/mol. The minimum atomic E-state index is -4.35. The molecule has 2 fully saturated rings. The number of halogens is 3. The van der Waals surface area contributed by atoms with Crippen molar-refractivity contribution in [2.24, 2.45) is 5.92 Å². The van der Waals surface area contributed by atoms with Gasteiger partial charge in [-0.1, -0.05) is 12.1 Å². The molecule has 0 aromatic heterocycles. The van der Waals surface area contributed by atoms with Crippen LogP contribution >= 0.6 is 0 Å². The average Bonchev–Trinajstić information content (AvgIpc) is 3.26. The van der Waals surface area contributed by atoms with Crippen molar-refractivity contribution in [3.63, 3.8) is 0 Å². The van der Waals surface area contributed by atoms with Gasteiger partial charge in [0, 0.05) is 12.6 Å². The van der Waals surface area contributed by atoms with Gasteiger partial charge in [0.1, 0.15) is 5.60 Å². The lowest BCUT2D eigenvalue weighted by Crippen LogP contribution is -2.48. The summed E-state index contributed by atoms with van der Waals surface area (Å²) in [6.45, 7) is 4.11. The molecule has 1 aromatic carbocycles. The number of carbonyl (C=O) groups is 1. The second kappa shape index (κ2) is 6.61. The molecule has 0 amide bonds. The number of epoxide rings is 1. The molecule has 2 aliphatic heterocycles. The van der Waals surface area contributed by atoms with Crippen molar-refractivity contribution >= 4 is 5.97 Å². The Balaban J connectivity index is 1.71. The molecule has 0 bridgehead atoms. The Morgan fingerprint density at radius 2 is 2.00 bits per heavy atom. The van der Waals surface area contributed by atoms with Gasteiger partial charge in [-0.15, -0.1) is 0 Å². The molecule has 2 saturated heterocycles. The summed E-state index contributed by atoms with van der Waals surface area (Å²) in [7, 11) is 0. The van der Waals surface area contributed by atoms with Gasteiger partial charge in [0.25, 0.3) is 0 Å². The Hall–Kier alpha value is -1.60. The molecule has 1 N–H and O–H groups in total. The molecular formula is C18H22F3NO3. The highest BCUT2D eigenvalue weighted by Crippen LogP contribution is 2.33. The van der Waals surface area contributed by atoms with Crippen LogP contribution in [0.5, 0.6) is 0 Å². The fraction of sp³-hybridized carbons (Fsp3) is 0.611. The Kier molecular flexibility index (Phi) is 4.81. The van der Waals surface area contributed by atoms with E-state index in [4.69, 9.17) is 4.74 Å². The van der Waals surface area contributed by atoms with Crippen LogP contribution in [0.1, 0.15) is 30.9 Å². The van der Waals surface area contributed by atoms with Gasteiger partial charge in [-0.25, -0.2) is 0 Å². The number of carboxylic acid groups (broad SMARTS) is 1. The predicted octanol–water partition coefficient (Wildman–Crippen LogP) is 3.20. The first kappa shape index (κ1) is 18.2. The minimum absolute atomic E-state index is 0.00684. The molecule has 0 spiro atoms. The van der Waals surface area contributed by atoms with E-state index in [0.29, 0.717) is 32.4 Å². The first-order chi connectivity index (χ1) is 11.7. The molecule has 0 aliphatic carbocycles. The van der Waals surface area contributed by atoms with Crippen LogP contribution < -0.4 is 0 Å². The van der Waals surface area contributed by atoms with E-state index in [0.717, 1.165) is 24.2 Å². The number of piperidine rings is 1. The van der Waals surface area contributed by atoms with Crippen molar-refractivity contribution in [1.29, 1.82) is 0 Å². The number of alkyl halides is 3. The van der Waals surface area contributed by atoms with Crippen LogP contribution in [0, 0.1) is 5.92 Å². The van der Waals surface area contributed by atoms with E-state index in [1.54, 1.807) is 0 Å². The van der Waals surface area contributed by atoms with Crippen molar-refractivity contribution in [2.45, 2.75) is 44.0 Å². The predicted molar refractivity (Wildman–Crippen MR) is 85.2 cm³/mol. The third kappa shape index (κ3) is 4.52. The van der Waals surface area contributed by atoms with Crippen LogP contribution in [0.2, 0.25) is 0 Å². The number of aliphatic carboxylic acids is 1. The third-order valence-corrected chi connectivity index (χ3v) is 5.11. The standard InChI is InChI=1S/C18H22F3NO3/c1-17(11-25-17)10-22-7-6-13(16(23)24)9-15(22)8-12-2-4-14(5-3-12)18(19,20)21/h2-5,13,15H,6-11H2,1H3,(H,23,24). The first-order valence-corrected chi connectivity index (χ1v) is 8.43. The van der Waals surface area contributed by atoms with E-state index in [1.807, 2.05) is 6.92 Å². The van der Waals surface area contributed by atoms with Crippen LogP contribution in [0.25, 0.3) is 0 Å². The molecule has 3 rings (SSSR count). The highest BCUT2D eigenvalue weighted by atomic mass is 19.4. The van der Waals surface area contributed by atoms with Crippen molar-refractivity contribution < 1.29 is 27.8 Å². The highest BCUT2D eigenvalue weighted by Gasteiger charge is 2.44. The molecule has 4 nitrogen and oxygen atoms in total. The van der Waals surface area contributed by atoms with E-state index < -0.39 is 23.6 Å². The summed E-state index contributed by atoms with van der Waals surface area (Å²) >= 11 is 0. The van der Waals surface area contributed by atoms with Gasteiger partial charge < -0.3 is 9.84 Å². The number of hydrogen-bond donors (Lipinski definition) is 1. The number of rotatable bonds is 5. The second-order valence-corrected chi connectivity index (χ2v) is 7.32. The van der Waals surface area contributed by atoms with Gasteiger partial charge in [-0.3, -0.25) is 9.69 Å². The van der Waals surface area contributed by atoms with Gasteiger partial charge >= 0.3 is 12.1 Å². The van der Waals surface area contributed by atoms with Crippen molar-refractivity contribution in [2.75, 3.05) is 19.7 Å². The van der Waals surface area contributed by atoms with Crippen molar-refractivity contribution in [3.8, 4) is 0 Å². The van der Waals surface area contributed by atoms with Crippen LogP contribution in [-0.2, 0) is 22.1 Å². The molecule has 3 atom stereocenters. The van der Waals surface area contributed by atoms with E-state index in [9.17, 15) is 23.1 Å². The van der Waals surface area contributed by atoms with Crippen molar-refractivity contribution in [3.05, 3.63) is 35.4 Å². The molecule has 3 unspecified atom stereocenters. The smallest absolute Gasteiger partial charge is 0.416 e. The number of likely N-dealkylation sites (tertiary alicyclic amines) is 1. The van der Waals surface area contributed by atoms with E-state index in [-0.39, 0.29) is 11.6 Å². The van der Waals surface area contributed by atoms with Gasteiger partial charge in [0.15, 0.2) is 0 Å². The largest absolute Gasteiger partial charge is 0.481 e. The highest BCUT2D eigenvalue weighted by molar-refractivity contribution is 5.70.